The van der Waals surface area contributed by atoms with Gasteiger partial charge < -0.3 is 47.4 Å². The molecule has 3 rings (SSSR count). The molecule has 0 N–H and O–H groups in total. The number of carbonyl (C=O) groups excluding carboxylic acids is 2. The number of rotatable bonds is 20. The zero-order valence-corrected chi connectivity index (χ0v) is 31.2. The fourth-order valence-electron chi connectivity index (χ4n) is 2.14. The molecule has 0 amide bonds. The van der Waals surface area contributed by atoms with Crippen molar-refractivity contribution in [2.75, 3.05) is 85.9 Å². The fraction of sp³-hybridized carbons (Fsp3) is 0.526. The van der Waals surface area contributed by atoms with Crippen molar-refractivity contribution >= 4 is 11.9 Å². The highest BCUT2D eigenvalue weighted by atomic mass is 16.6. The van der Waals surface area contributed by atoms with Crippen LogP contribution >= 0.6 is 0 Å². The van der Waals surface area contributed by atoms with Gasteiger partial charge in [0.25, 0.3) is 12.5 Å². The Morgan fingerprint density at radius 3 is 1.46 bits per heavy atom. The lowest BCUT2D eigenvalue weighted by atomic mass is 10.3. The highest BCUT2D eigenvalue weighted by molar-refractivity contribution is 6.00. The second-order valence-corrected chi connectivity index (χ2v) is 10.8. The molecule has 0 aromatic heterocycles. The topological polar surface area (TPSA) is 184 Å². The monoisotopic (exact) mass is 732 g/mol. The molecule has 0 spiro atoms. The van der Waals surface area contributed by atoms with E-state index in [9.17, 15) is 9.59 Å². The van der Waals surface area contributed by atoms with Gasteiger partial charge >= 0.3 is 11.9 Å². The van der Waals surface area contributed by atoms with E-state index in [1.165, 1.54) is 26.2 Å². The Bertz CT molecular complexity index is 1160. The number of nitrogens with zero attached hydrogens (tertiary/aromatic N) is 2. The molecular weight excluding hydrogens is 676 g/mol. The van der Waals surface area contributed by atoms with Gasteiger partial charge in [0.15, 0.2) is 0 Å². The Labute approximate surface area is 309 Å². The molecule has 0 bridgehead atoms. The van der Waals surface area contributed by atoms with E-state index in [2.05, 4.69) is 59.6 Å². The SMILES string of the molecule is C#CCOCC1CO1.C=C(C)C(=O)OC(=O)C(=C)C.C=C(C)COCC1CO1.C=C(C)COCCOC#N.C=CCOC#N.C=CCOCC1CO1. The second-order valence-electron chi connectivity index (χ2n) is 10.8. The standard InChI is InChI=1S/C8H10O3.C7H11NO2.C7H12O2.C6H10O2.C6H8O2.C4H5NO/c1-5(2)7(9)11-8(10)6(3)4;1-7(2)5-9-3-4-10-6-8;1-6(2)3-8-4-7-5-9-7;2*1-2-3-7-4-6-5-8-6;1-2-3-6-4-5/h1,3H2,2,4H3;1,3-5H2,2H3;7H,1,3-5H2,2H3;2,6H,1,3-5H2;1,6H,3-5H2;2H,1,3H2. The van der Waals surface area contributed by atoms with E-state index >= 15 is 0 Å². The van der Waals surface area contributed by atoms with Crippen LogP contribution in [0.2, 0.25) is 0 Å². The van der Waals surface area contributed by atoms with Gasteiger partial charge in [-0.15, -0.1) is 13.0 Å². The zero-order valence-electron chi connectivity index (χ0n) is 31.2. The predicted octanol–water partition coefficient (Wildman–Crippen LogP) is 4.56. The van der Waals surface area contributed by atoms with E-state index in [4.69, 9.17) is 50.1 Å². The van der Waals surface area contributed by atoms with Crippen molar-refractivity contribution in [3.05, 3.63) is 73.9 Å². The van der Waals surface area contributed by atoms with Crippen molar-refractivity contribution in [3.8, 4) is 24.9 Å². The van der Waals surface area contributed by atoms with Crippen LogP contribution < -0.4 is 0 Å². The molecule has 14 nitrogen and oxygen atoms in total. The van der Waals surface area contributed by atoms with Gasteiger partial charge in [0, 0.05) is 11.1 Å². The molecule has 3 fully saturated rings. The van der Waals surface area contributed by atoms with Gasteiger partial charge in [-0.25, -0.2) is 9.59 Å². The van der Waals surface area contributed by atoms with Gasteiger partial charge in [-0.3, -0.25) is 0 Å². The maximum atomic E-state index is 10.7. The Hall–Kier alpha value is -4.56. The molecule has 0 aromatic rings. The van der Waals surface area contributed by atoms with E-state index in [0.29, 0.717) is 71.2 Å². The molecule has 0 aliphatic carbocycles. The van der Waals surface area contributed by atoms with Gasteiger partial charge in [0.05, 0.1) is 66.1 Å². The molecule has 0 radical (unpaired) electrons. The molecule has 3 heterocycles. The van der Waals surface area contributed by atoms with Crippen LogP contribution in [0.25, 0.3) is 0 Å². The molecule has 3 saturated heterocycles. The van der Waals surface area contributed by atoms with Crippen molar-refractivity contribution in [1.82, 2.24) is 0 Å². The molecule has 3 aliphatic rings. The Balaban J connectivity index is -0.000000559. The van der Waals surface area contributed by atoms with Crippen molar-refractivity contribution in [2.24, 2.45) is 0 Å². The summed E-state index contributed by atoms with van der Waals surface area (Å²) in [5.74, 6) is 0.953. The van der Waals surface area contributed by atoms with Crippen LogP contribution in [0.5, 0.6) is 0 Å². The molecular formula is C38H56N2O12. The first-order valence-electron chi connectivity index (χ1n) is 16.0. The summed E-state index contributed by atoms with van der Waals surface area (Å²) < 4.78 is 47.8. The normalized spacial score (nSPS) is 15.9. The molecule has 3 aliphatic heterocycles. The number of epoxide rings is 3. The zero-order chi connectivity index (χ0) is 40.0. The fourth-order valence-corrected chi connectivity index (χ4v) is 2.14. The van der Waals surface area contributed by atoms with Crippen LogP contribution in [-0.2, 0) is 57.0 Å². The lowest BCUT2D eigenvalue weighted by Gasteiger charge is -2.00. The Morgan fingerprint density at radius 2 is 1.12 bits per heavy atom. The summed E-state index contributed by atoms with van der Waals surface area (Å²) in [6.07, 6.45) is 12.3. The van der Waals surface area contributed by atoms with Crippen LogP contribution in [0, 0.1) is 35.4 Å². The number of ether oxygens (including phenoxy) is 10. The molecule has 14 heteroatoms. The van der Waals surface area contributed by atoms with Crippen LogP contribution in [0.3, 0.4) is 0 Å². The number of hydrogen-bond donors (Lipinski definition) is 0. The molecule has 0 aromatic carbocycles. The average molecular weight is 733 g/mol. The van der Waals surface area contributed by atoms with Crippen molar-refractivity contribution < 1.29 is 57.0 Å². The molecule has 290 valence electrons. The largest absolute Gasteiger partial charge is 0.425 e. The number of terminal acetylenes is 1. The maximum Gasteiger partial charge on any atom is 0.340 e. The van der Waals surface area contributed by atoms with Crippen LogP contribution in [-0.4, -0.2) is 116 Å². The highest BCUT2D eigenvalue weighted by Crippen LogP contribution is 2.09. The molecule has 0 saturated carbocycles. The summed E-state index contributed by atoms with van der Waals surface area (Å²) in [5.41, 5.74) is 2.42. The summed E-state index contributed by atoms with van der Waals surface area (Å²) in [4.78, 5) is 21.3. The summed E-state index contributed by atoms with van der Waals surface area (Å²) in [6, 6.07) is 0. The minimum atomic E-state index is -0.710. The number of nitriles is 2. The van der Waals surface area contributed by atoms with Gasteiger partial charge in [0.1, 0.15) is 38.1 Å². The number of hydrogen-bond acceptors (Lipinski definition) is 14. The van der Waals surface area contributed by atoms with Crippen LogP contribution in [0.1, 0.15) is 27.7 Å². The first-order chi connectivity index (χ1) is 24.8. The van der Waals surface area contributed by atoms with Crippen LogP contribution in [0.4, 0.5) is 0 Å². The van der Waals surface area contributed by atoms with E-state index in [1.54, 1.807) is 12.3 Å². The summed E-state index contributed by atoms with van der Waals surface area (Å²) in [5, 5.41) is 15.6. The minimum Gasteiger partial charge on any atom is -0.425 e. The van der Waals surface area contributed by atoms with Gasteiger partial charge in [0.2, 0.25) is 0 Å². The quantitative estimate of drug-likeness (QED) is 0.0248. The van der Waals surface area contributed by atoms with E-state index in [1.807, 2.05) is 13.8 Å². The van der Waals surface area contributed by atoms with Crippen molar-refractivity contribution in [1.29, 1.82) is 10.5 Å². The summed E-state index contributed by atoms with van der Waals surface area (Å²) in [6.45, 7) is 35.6. The summed E-state index contributed by atoms with van der Waals surface area (Å²) in [7, 11) is 0. The third-order valence-corrected chi connectivity index (χ3v) is 4.78. The van der Waals surface area contributed by atoms with E-state index in [-0.39, 0.29) is 11.1 Å². The molecule has 3 atom stereocenters. The average Bonchev–Trinajstić information content (AvgIpc) is 3.94. The summed E-state index contributed by atoms with van der Waals surface area (Å²) >= 11 is 0. The van der Waals surface area contributed by atoms with E-state index in [0.717, 1.165) is 44.2 Å². The lowest BCUT2D eigenvalue weighted by molar-refractivity contribution is -0.153. The molecule has 52 heavy (non-hydrogen) atoms. The molecule has 3 unspecified atom stereocenters. The second kappa shape index (κ2) is 37.7. The first kappa shape index (κ1) is 51.8. The Morgan fingerprint density at radius 1 is 0.692 bits per heavy atom. The number of esters is 2. The van der Waals surface area contributed by atoms with Crippen molar-refractivity contribution in [2.45, 2.75) is 46.0 Å². The lowest BCUT2D eigenvalue weighted by Crippen LogP contribution is -2.12. The van der Waals surface area contributed by atoms with Gasteiger partial charge in [-0.1, -0.05) is 62.1 Å². The van der Waals surface area contributed by atoms with Crippen LogP contribution in [0.15, 0.2) is 73.9 Å². The first-order valence-corrected chi connectivity index (χ1v) is 16.0. The smallest absolute Gasteiger partial charge is 0.340 e. The Kier molecular flexibility index (Phi) is 37.5. The third kappa shape index (κ3) is 49.8. The minimum absolute atomic E-state index is 0.194. The van der Waals surface area contributed by atoms with E-state index < -0.39 is 11.9 Å². The predicted molar refractivity (Wildman–Crippen MR) is 195 cm³/mol. The van der Waals surface area contributed by atoms with Crippen molar-refractivity contribution in [3.63, 3.8) is 0 Å². The van der Waals surface area contributed by atoms with Gasteiger partial charge in [-0.05, 0) is 27.7 Å². The third-order valence-electron chi connectivity index (χ3n) is 4.78. The number of carbonyl (C=O) groups is 2. The van der Waals surface area contributed by atoms with Gasteiger partial charge in [-0.2, -0.15) is 10.5 Å². The maximum absolute atomic E-state index is 10.7. The highest BCUT2D eigenvalue weighted by Gasteiger charge is 2.22.